The van der Waals surface area contributed by atoms with Crippen molar-refractivity contribution in [3.63, 3.8) is 0 Å². The lowest BCUT2D eigenvalue weighted by molar-refractivity contribution is -0.122. The molecule has 2 amide bonds. The summed E-state index contributed by atoms with van der Waals surface area (Å²) in [5.74, 6) is 0.318. The minimum atomic E-state index is -1.22. The first-order chi connectivity index (χ1) is 12.4. The van der Waals surface area contributed by atoms with Crippen molar-refractivity contribution in [2.45, 2.75) is 52.1 Å². The molecule has 1 aliphatic rings. The molecule has 2 heterocycles. The third kappa shape index (κ3) is 6.79. The van der Waals surface area contributed by atoms with Crippen molar-refractivity contribution in [3.05, 3.63) is 6.20 Å². The minimum absolute atomic E-state index is 0.0598. The zero-order valence-corrected chi connectivity index (χ0v) is 17.8. The molecular formula is C17H28N4O5Si. The van der Waals surface area contributed by atoms with Crippen molar-refractivity contribution in [1.82, 2.24) is 9.97 Å². The van der Waals surface area contributed by atoms with Crippen molar-refractivity contribution < 1.29 is 23.8 Å². The Hall–Kier alpha value is -2.20. The Labute approximate surface area is 160 Å². The maximum atomic E-state index is 12.2. The number of anilines is 2. The number of rotatable bonds is 6. The van der Waals surface area contributed by atoms with Gasteiger partial charge in [0.05, 0.1) is 6.20 Å². The van der Waals surface area contributed by atoms with E-state index in [1.165, 1.54) is 11.1 Å². The van der Waals surface area contributed by atoms with Gasteiger partial charge in [-0.2, -0.15) is 0 Å². The van der Waals surface area contributed by atoms with Gasteiger partial charge >= 0.3 is 6.09 Å². The van der Waals surface area contributed by atoms with Gasteiger partial charge in [0.2, 0.25) is 5.82 Å². The zero-order valence-electron chi connectivity index (χ0n) is 16.8. The van der Waals surface area contributed by atoms with Crippen molar-refractivity contribution >= 4 is 31.7 Å². The third-order valence-corrected chi connectivity index (χ3v) is 5.16. The molecule has 10 heteroatoms. The van der Waals surface area contributed by atoms with Crippen LogP contribution in [0.15, 0.2) is 6.20 Å². The number of hydrogen-bond acceptors (Lipinski definition) is 7. The van der Waals surface area contributed by atoms with Gasteiger partial charge in [-0.1, -0.05) is 19.6 Å². The molecule has 0 radical (unpaired) electrons. The average Bonchev–Trinajstić information content (AvgIpc) is 2.50. The van der Waals surface area contributed by atoms with Crippen molar-refractivity contribution in [2.75, 3.05) is 30.2 Å². The van der Waals surface area contributed by atoms with Crippen LogP contribution in [-0.2, 0) is 14.3 Å². The SMILES string of the molecule is CC(C)(C)OC(=O)Nc1cnc2c(n1)N(COCC[Si](C)(C)C)C(=O)CO2. The highest BCUT2D eigenvalue weighted by Gasteiger charge is 2.29. The van der Waals surface area contributed by atoms with Crippen LogP contribution in [0.25, 0.3) is 0 Å². The van der Waals surface area contributed by atoms with E-state index < -0.39 is 19.8 Å². The van der Waals surface area contributed by atoms with Gasteiger partial charge in [-0.25, -0.2) is 14.8 Å². The maximum Gasteiger partial charge on any atom is 0.413 e. The van der Waals surface area contributed by atoms with Gasteiger partial charge in [0.1, 0.15) is 12.3 Å². The Balaban J connectivity index is 2.07. The fraction of sp³-hybridized carbons (Fsp3) is 0.647. The van der Waals surface area contributed by atoms with E-state index in [1.54, 1.807) is 20.8 Å². The van der Waals surface area contributed by atoms with E-state index in [0.717, 1.165) is 6.04 Å². The van der Waals surface area contributed by atoms with Gasteiger partial charge in [-0.15, -0.1) is 0 Å². The quantitative estimate of drug-likeness (QED) is 0.582. The third-order valence-electron chi connectivity index (χ3n) is 3.46. The second-order valence-electron chi connectivity index (χ2n) is 8.47. The molecule has 0 bridgehead atoms. The highest BCUT2D eigenvalue weighted by Crippen LogP contribution is 2.29. The smallest absolute Gasteiger partial charge is 0.413 e. The van der Waals surface area contributed by atoms with Crippen LogP contribution < -0.4 is 15.0 Å². The summed E-state index contributed by atoms with van der Waals surface area (Å²) in [4.78, 5) is 33.9. The molecule has 150 valence electrons. The monoisotopic (exact) mass is 396 g/mol. The number of carbonyl (C=O) groups is 2. The van der Waals surface area contributed by atoms with E-state index in [-0.39, 0.29) is 36.8 Å². The summed E-state index contributed by atoms with van der Waals surface area (Å²) in [5, 5.41) is 2.51. The number of amides is 2. The van der Waals surface area contributed by atoms with E-state index in [4.69, 9.17) is 14.2 Å². The number of fused-ring (bicyclic) bond motifs is 1. The van der Waals surface area contributed by atoms with Crippen molar-refractivity contribution in [1.29, 1.82) is 0 Å². The Kier molecular flexibility index (Phi) is 6.42. The summed E-state index contributed by atoms with van der Waals surface area (Å²) >= 11 is 0. The van der Waals surface area contributed by atoms with E-state index in [1.807, 2.05) is 0 Å². The molecule has 1 N–H and O–H groups in total. The van der Waals surface area contributed by atoms with Crippen LogP contribution in [0.3, 0.4) is 0 Å². The fourth-order valence-electron chi connectivity index (χ4n) is 2.11. The van der Waals surface area contributed by atoms with Crippen LogP contribution in [0.5, 0.6) is 5.88 Å². The minimum Gasteiger partial charge on any atom is -0.465 e. The van der Waals surface area contributed by atoms with Crippen LogP contribution in [0.4, 0.5) is 16.4 Å². The highest BCUT2D eigenvalue weighted by atomic mass is 28.3. The largest absolute Gasteiger partial charge is 0.465 e. The molecule has 27 heavy (non-hydrogen) atoms. The first-order valence-electron chi connectivity index (χ1n) is 8.82. The lowest BCUT2D eigenvalue weighted by Crippen LogP contribution is -2.41. The van der Waals surface area contributed by atoms with Gasteiger partial charge < -0.3 is 14.2 Å². The number of nitrogens with one attached hydrogen (secondary N) is 1. The van der Waals surface area contributed by atoms with Crippen LogP contribution in [-0.4, -0.2) is 55.6 Å². The number of hydrogen-bond donors (Lipinski definition) is 1. The number of ether oxygens (including phenoxy) is 3. The Morgan fingerprint density at radius 1 is 1.37 bits per heavy atom. The zero-order chi connectivity index (χ0) is 20.2. The van der Waals surface area contributed by atoms with E-state index >= 15 is 0 Å². The lowest BCUT2D eigenvalue weighted by Gasteiger charge is -2.28. The van der Waals surface area contributed by atoms with E-state index in [2.05, 4.69) is 34.9 Å². The molecule has 0 fully saturated rings. The second-order valence-corrected chi connectivity index (χ2v) is 14.1. The standard InChI is InChI=1S/C17H28N4O5Si/c1-17(2,3)26-16(23)20-12-9-18-15-14(19-12)21(13(22)10-25-15)11-24-7-8-27(4,5)6/h9H,7-8,10-11H2,1-6H3,(H,19,20,23). The molecule has 2 rings (SSSR count). The summed E-state index contributed by atoms with van der Waals surface area (Å²) in [6, 6.07) is 0.990. The predicted molar refractivity (Wildman–Crippen MR) is 104 cm³/mol. The number of carbonyl (C=O) groups excluding carboxylic acids is 2. The first-order valence-corrected chi connectivity index (χ1v) is 12.5. The Bertz CT molecular complexity index is 700. The fourth-order valence-corrected chi connectivity index (χ4v) is 2.86. The molecule has 0 saturated carbocycles. The topological polar surface area (TPSA) is 103 Å². The van der Waals surface area contributed by atoms with Crippen LogP contribution in [0.1, 0.15) is 20.8 Å². The maximum absolute atomic E-state index is 12.2. The van der Waals surface area contributed by atoms with Gasteiger partial charge in [0.25, 0.3) is 11.8 Å². The summed E-state index contributed by atoms with van der Waals surface area (Å²) < 4.78 is 16.2. The lowest BCUT2D eigenvalue weighted by atomic mass is 10.2. The van der Waals surface area contributed by atoms with Gasteiger partial charge in [0, 0.05) is 14.7 Å². The molecule has 0 spiro atoms. The first kappa shape index (κ1) is 21.1. The Morgan fingerprint density at radius 2 is 2.07 bits per heavy atom. The van der Waals surface area contributed by atoms with Gasteiger partial charge in [-0.05, 0) is 26.8 Å². The summed E-state index contributed by atoms with van der Waals surface area (Å²) in [5.41, 5.74) is -0.638. The predicted octanol–water partition coefficient (Wildman–Crippen LogP) is 2.86. The van der Waals surface area contributed by atoms with E-state index in [0.29, 0.717) is 6.61 Å². The molecule has 9 nitrogen and oxygen atoms in total. The Morgan fingerprint density at radius 3 is 2.70 bits per heavy atom. The molecule has 0 unspecified atom stereocenters. The van der Waals surface area contributed by atoms with Crippen LogP contribution >= 0.6 is 0 Å². The van der Waals surface area contributed by atoms with Gasteiger partial charge in [-0.3, -0.25) is 15.0 Å². The molecule has 0 aliphatic carbocycles. The van der Waals surface area contributed by atoms with Crippen molar-refractivity contribution in [3.8, 4) is 5.88 Å². The molecule has 0 saturated heterocycles. The number of nitrogens with zero attached hydrogens (tertiary/aromatic N) is 3. The summed E-state index contributed by atoms with van der Waals surface area (Å²) in [6.07, 6.45) is 0.695. The summed E-state index contributed by atoms with van der Waals surface area (Å²) in [7, 11) is -1.22. The normalized spacial score (nSPS) is 14.4. The molecule has 1 aromatic heterocycles. The molecular weight excluding hydrogens is 368 g/mol. The summed E-state index contributed by atoms with van der Waals surface area (Å²) in [6.45, 7) is 12.6. The van der Waals surface area contributed by atoms with E-state index in [9.17, 15) is 9.59 Å². The molecule has 1 aromatic rings. The number of aromatic nitrogens is 2. The highest BCUT2D eigenvalue weighted by molar-refractivity contribution is 6.76. The van der Waals surface area contributed by atoms with Crippen LogP contribution in [0.2, 0.25) is 25.7 Å². The van der Waals surface area contributed by atoms with Crippen LogP contribution in [0, 0.1) is 0 Å². The molecule has 0 atom stereocenters. The average molecular weight is 397 g/mol. The molecule has 0 aromatic carbocycles. The van der Waals surface area contributed by atoms with Crippen molar-refractivity contribution in [2.24, 2.45) is 0 Å². The second kappa shape index (κ2) is 8.22. The molecule has 1 aliphatic heterocycles. The van der Waals surface area contributed by atoms with Gasteiger partial charge in [0.15, 0.2) is 12.4 Å².